The molecule has 0 heterocycles. The minimum Gasteiger partial charge on any atom is -0.370 e. The van der Waals surface area contributed by atoms with E-state index in [0.29, 0.717) is 0 Å². The van der Waals surface area contributed by atoms with Crippen molar-refractivity contribution in [1.29, 1.82) is 0 Å². The molecule has 178 valence electrons. The Morgan fingerprint density at radius 3 is 1.33 bits per heavy atom. The van der Waals surface area contributed by atoms with Gasteiger partial charge in [-0.2, -0.15) is 0 Å². The predicted octanol–water partition coefficient (Wildman–Crippen LogP) is 8.56. The third-order valence-electron chi connectivity index (χ3n) is 5.18. The average Bonchev–Trinajstić information content (AvgIpc) is 2.75. The van der Waals surface area contributed by atoms with Gasteiger partial charge in [-0.25, -0.2) is 0 Å². The molecule has 0 rings (SSSR count). The minimum atomic E-state index is -2.78. The van der Waals surface area contributed by atoms with Gasteiger partial charge in [0.2, 0.25) is 0 Å². The van der Waals surface area contributed by atoms with Gasteiger partial charge in [0, 0.05) is 19.8 Å². The smallest absolute Gasteiger partial charge is 0.370 e. The molecule has 0 spiro atoms. The van der Waals surface area contributed by atoms with Crippen molar-refractivity contribution < 1.29 is 13.3 Å². The van der Waals surface area contributed by atoms with Gasteiger partial charge < -0.3 is 13.3 Å². The predicted molar refractivity (Wildman–Crippen MR) is 134 cm³/mol. The van der Waals surface area contributed by atoms with Crippen molar-refractivity contribution in [1.82, 2.24) is 0 Å². The highest BCUT2D eigenvalue weighted by atomic mass is 28.4. The first-order valence-corrected chi connectivity index (χ1v) is 14.8. The Morgan fingerprint density at radius 2 is 0.933 bits per heavy atom. The van der Waals surface area contributed by atoms with Gasteiger partial charge in [-0.15, -0.1) is 0 Å². The standard InChI is InChI=1S/C26H52O3Si/c1-5-9-13-17-18-22-26-30(27-23-19-14-10-6-2,28-24-20-15-11-7-3)29-25-21-16-12-8-4/h17-18,22,26H,5-16,19-21,23-25H2,1-4H3. The number of hydrogen-bond acceptors (Lipinski definition) is 3. The van der Waals surface area contributed by atoms with E-state index in [9.17, 15) is 0 Å². The Balaban J connectivity index is 4.94. The van der Waals surface area contributed by atoms with E-state index in [0.717, 1.165) is 45.5 Å². The first-order valence-electron chi connectivity index (χ1n) is 13.0. The van der Waals surface area contributed by atoms with E-state index in [4.69, 9.17) is 13.3 Å². The van der Waals surface area contributed by atoms with E-state index in [1.807, 2.05) is 0 Å². The molecule has 0 aliphatic heterocycles. The molecule has 30 heavy (non-hydrogen) atoms. The first-order chi connectivity index (χ1) is 14.7. The van der Waals surface area contributed by atoms with Gasteiger partial charge in [-0.3, -0.25) is 0 Å². The van der Waals surface area contributed by atoms with Crippen LogP contribution in [0.25, 0.3) is 0 Å². The summed E-state index contributed by atoms with van der Waals surface area (Å²) in [6.45, 7) is 11.2. The van der Waals surface area contributed by atoms with E-state index in [1.54, 1.807) is 0 Å². The molecule has 3 nitrogen and oxygen atoms in total. The van der Waals surface area contributed by atoms with Crippen molar-refractivity contribution in [3.05, 3.63) is 23.9 Å². The van der Waals surface area contributed by atoms with E-state index >= 15 is 0 Å². The zero-order valence-electron chi connectivity index (χ0n) is 20.8. The molecule has 0 amide bonds. The van der Waals surface area contributed by atoms with E-state index in [2.05, 4.69) is 51.6 Å². The number of unbranched alkanes of at least 4 members (excludes halogenated alkanes) is 11. The van der Waals surface area contributed by atoms with Crippen LogP contribution < -0.4 is 0 Å². The van der Waals surface area contributed by atoms with Crippen LogP contribution in [-0.2, 0) is 13.3 Å². The lowest BCUT2D eigenvalue weighted by Crippen LogP contribution is -2.45. The molecular weight excluding hydrogens is 388 g/mol. The molecule has 0 aromatic heterocycles. The molecule has 0 aromatic carbocycles. The number of rotatable bonds is 23. The summed E-state index contributed by atoms with van der Waals surface area (Å²) in [4.78, 5) is 0. The topological polar surface area (TPSA) is 27.7 Å². The van der Waals surface area contributed by atoms with Crippen molar-refractivity contribution in [2.45, 2.75) is 124 Å². The van der Waals surface area contributed by atoms with Crippen LogP contribution in [-0.4, -0.2) is 28.6 Å². The molecule has 0 unspecified atom stereocenters. The third kappa shape index (κ3) is 18.4. The lowest BCUT2D eigenvalue weighted by Gasteiger charge is -2.27. The van der Waals surface area contributed by atoms with Crippen LogP contribution in [0.5, 0.6) is 0 Å². The molecule has 0 aromatic rings. The van der Waals surface area contributed by atoms with Crippen LogP contribution in [0.1, 0.15) is 124 Å². The summed E-state index contributed by atoms with van der Waals surface area (Å²) in [7, 11) is -2.78. The third-order valence-corrected chi connectivity index (χ3v) is 7.60. The summed E-state index contributed by atoms with van der Waals surface area (Å²) in [5.74, 6) is 0. The summed E-state index contributed by atoms with van der Waals surface area (Å²) in [6, 6.07) is 0. The lowest BCUT2D eigenvalue weighted by molar-refractivity contribution is 0.0673. The Bertz CT molecular complexity index is 360. The molecule has 0 aliphatic carbocycles. The van der Waals surface area contributed by atoms with E-state index in [1.165, 1.54) is 70.6 Å². The van der Waals surface area contributed by atoms with Crippen molar-refractivity contribution >= 4 is 8.80 Å². The summed E-state index contributed by atoms with van der Waals surface area (Å²) >= 11 is 0. The second-order valence-corrected chi connectivity index (χ2v) is 10.7. The molecule has 0 N–H and O–H groups in total. The SMILES string of the molecule is CCCCC=CC=C[Si](OCCCCCC)(OCCCCCC)OCCCCCC. The number of hydrogen-bond donors (Lipinski definition) is 0. The second kappa shape index (κ2) is 23.2. The lowest BCUT2D eigenvalue weighted by atomic mass is 10.2. The van der Waals surface area contributed by atoms with Crippen LogP contribution in [0, 0.1) is 0 Å². The Kier molecular flexibility index (Phi) is 22.9. The van der Waals surface area contributed by atoms with E-state index in [-0.39, 0.29) is 0 Å². The van der Waals surface area contributed by atoms with E-state index < -0.39 is 8.80 Å². The number of allylic oxidation sites excluding steroid dienone is 3. The summed E-state index contributed by atoms with van der Waals surface area (Å²) in [6.07, 6.45) is 24.5. The molecular formula is C26H52O3Si. The van der Waals surface area contributed by atoms with Crippen LogP contribution in [0.15, 0.2) is 23.9 Å². The van der Waals surface area contributed by atoms with Gasteiger partial charge in [0.15, 0.2) is 0 Å². The quantitative estimate of drug-likeness (QED) is 0.0904. The van der Waals surface area contributed by atoms with Crippen LogP contribution in [0.2, 0.25) is 0 Å². The van der Waals surface area contributed by atoms with Crippen LogP contribution in [0.3, 0.4) is 0 Å². The second-order valence-electron chi connectivity index (χ2n) is 8.26. The maximum atomic E-state index is 6.39. The van der Waals surface area contributed by atoms with Crippen LogP contribution in [0.4, 0.5) is 0 Å². The Hall–Kier alpha value is -0.423. The maximum absolute atomic E-state index is 6.39. The minimum absolute atomic E-state index is 0.736. The van der Waals surface area contributed by atoms with Crippen molar-refractivity contribution in [2.75, 3.05) is 19.8 Å². The zero-order chi connectivity index (χ0) is 22.2. The Morgan fingerprint density at radius 1 is 0.500 bits per heavy atom. The highest BCUT2D eigenvalue weighted by Gasteiger charge is 2.38. The molecule has 4 heteroatoms. The van der Waals surface area contributed by atoms with Gasteiger partial charge in [-0.1, -0.05) is 117 Å². The molecule has 0 atom stereocenters. The zero-order valence-corrected chi connectivity index (χ0v) is 21.8. The summed E-state index contributed by atoms with van der Waals surface area (Å²) in [5, 5.41) is 0. The van der Waals surface area contributed by atoms with Crippen molar-refractivity contribution in [2.24, 2.45) is 0 Å². The van der Waals surface area contributed by atoms with Gasteiger partial charge in [0.1, 0.15) is 0 Å². The fraction of sp³-hybridized carbons (Fsp3) is 0.846. The van der Waals surface area contributed by atoms with Gasteiger partial charge in [-0.05, 0) is 31.4 Å². The average molecular weight is 441 g/mol. The highest BCUT2D eigenvalue weighted by molar-refractivity contribution is 6.66. The molecule has 0 fully saturated rings. The fourth-order valence-electron chi connectivity index (χ4n) is 3.17. The largest absolute Gasteiger partial charge is 0.529 e. The highest BCUT2D eigenvalue weighted by Crippen LogP contribution is 2.17. The van der Waals surface area contributed by atoms with Crippen molar-refractivity contribution in [3.63, 3.8) is 0 Å². The fourth-order valence-corrected chi connectivity index (χ4v) is 5.34. The summed E-state index contributed by atoms with van der Waals surface area (Å²) < 4.78 is 19.2. The monoisotopic (exact) mass is 440 g/mol. The summed E-state index contributed by atoms with van der Waals surface area (Å²) in [5.41, 5.74) is 2.12. The molecule has 0 saturated carbocycles. The van der Waals surface area contributed by atoms with Gasteiger partial charge in [0.05, 0.1) is 0 Å². The molecule has 0 saturated heterocycles. The van der Waals surface area contributed by atoms with Gasteiger partial charge >= 0.3 is 8.80 Å². The maximum Gasteiger partial charge on any atom is 0.529 e. The first kappa shape index (κ1) is 29.6. The van der Waals surface area contributed by atoms with Gasteiger partial charge in [0.25, 0.3) is 0 Å². The van der Waals surface area contributed by atoms with Crippen molar-refractivity contribution in [3.8, 4) is 0 Å². The molecule has 0 aliphatic rings. The molecule has 0 bridgehead atoms. The van der Waals surface area contributed by atoms with Crippen LogP contribution >= 0.6 is 0 Å². The normalized spacial score (nSPS) is 12.5. The Labute approximate surface area is 190 Å². The molecule has 0 radical (unpaired) electrons.